The highest BCUT2D eigenvalue weighted by molar-refractivity contribution is 5.83. The van der Waals surface area contributed by atoms with E-state index in [4.69, 9.17) is 0 Å². The molecule has 0 bridgehead atoms. The summed E-state index contributed by atoms with van der Waals surface area (Å²) in [6.07, 6.45) is 6.34. The van der Waals surface area contributed by atoms with E-state index >= 15 is 0 Å². The molecule has 0 unspecified atom stereocenters. The maximum Gasteiger partial charge on any atom is 0.268 e. The fourth-order valence-corrected chi connectivity index (χ4v) is 2.14. The molecule has 7 heteroatoms. The molecule has 0 aliphatic heterocycles. The normalized spacial score (nSPS) is 11.4. The van der Waals surface area contributed by atoms with Gasteiger partial charge in [-0.1, -0.05) is 0 Å². The highest BCUT2D eigenvalue weighted by Gasteiger charge is 2.11. The van der Waals surface area contributed by atoms with Crippen molar-refractivity contribution in [2.24, 2.45) is 0 Å². The second-order valence-corrected chi connectivity index (χ2v) is 4.10. The third-order valence-corrected chi connectivity index (χ3v) is 3.04. The van der Waals surface area contributed by atoms with Gasteiger partial charge in [-0.3, -0.25) is 4.79 Å². The van der Waals surface area contributed by atoms with E-state index in [-0.39, 0.29) is 5.56 Å². The summed E-state index contributed by atoms with van der Waals surface area (Å²) in [5.41, 5.74) is 1.10. The molecular weight excluding hydrogens is 244 g/mol. The fraction of sp³-hybridized carbons (Fsp3) is 0. The van der Waals surface area contributed by atoms with Crippen molar-refractivity contribution in [2.75, 3.05) is 0 Å². The van der Waals surface area contributed by atoms with Crippen LogP contribution in [-0.4, -0.2) is 29.5 Å². The summed E-state index contributed by atoms with van der Waals surface area (Å²) in [5.74, 6) is 0.520. The van der Waals surface area contributed by atoms with Crippen molar-refractivity contribution in [1.82, 2.24) is 29.5 Å². The van der Waals surface area contributed by atoms with E-state index in [1.807, 2.05) is 6.07 Å². The van der Waals surface area contributed by atoms with E-state index < -0.39 is 0 Å². The minimum absolute atomic E-state index is 0.160. The van der Waals surface area contributed by atoms with Crippen molar-refractivity contribution in [3.63, 3.8) is 0 Å². The van der Waals surface area contributed by atoms with Crippen LogP contribution in [0.3, 0.4) is 0 Å². The van der Waals surface area contributed by atoms with Crippen LogP contribution in [0.4, 0.5) is 0 Å². The third kappa shape index (κ3) is 1.32. The van der Waals surface area contributed by atoms with Gasteiger partial charge in [-0.25, -0.2) is 19.5 Å². The molecule has 0 atom stereocenters. The number of aromatic nitrogens is 6. The van der Waals surface area contributed by atoms with Crippen LogP contribution in [0.25, 0.3) is 27.9 Å². The Bertz CT molecular complexity index is 947. The second-order valence-electron chi connectivity index (χ2n) is 4.10. The molecule has 0 spiro atoms. The highest BCUT2D eigenvalue weighted by Crippen LogP contribution is 2.15. The standard InChI is InChI=1S/C12H8N6O/c19-12-8-2-4-14-10(8)17-6-18(12)11-7-1-3-13-9(7)15-5-16-11/h1-6,14H,(H,13,15,16). The smallest absolute Gasteiger partial charge is 0.268 e. The Morgan fingerprint density at radius 1 is 0.947 bits per heavy atom. The zero-order valence-corrected chi connectivity index (χ0v) is 9.66. The number of fused-ring (bicyclic) bond motifs is 2. The lowest BCUT2D eigenvalue weighted by molar-refractivity contribution is 0.921. The molecule has 4 heterocycles. The zero-order chi connectivity index (χ0) is 12.8. The molecule has 4 aromatic heterocycles. The number of nitrogens with zero attached hydrogens (tertiary/aromatic N) is 4. The molecule has 0 amide bonds. The topological polar surface area (TPSA) is 92.2 Å². The van der Waals surface area contributed by atoms with Gasteiger partial charge in [-0.2, -0.15) is 0 Å². The molecule has 2 N–H and O–H groups in total. The van der Waals surface area contributed by atoms with Gasteiger partial charge >= 0.3 is 0 Å². The van der Waals surface area contributed by atoms with Crippen molar-refractivity contribution < 1.29 is 0 Å². The molecule has 0 aromatic carbocycles. The summed E-state index contributed by atoms with van der Waals surface area (Å²) >= 11 is 0. The Labute approximate surface area is 106 Å². The van der Waals surface area contributed by atoms with E-state index in [1.54, 1.807) is 18.5 Å². The number of hydrogen-bond acceptors (Lipinski definition) is 4. The SMILES string of the molecule is O=c1c2cc[nH]c2ncn1-c1ncnc2[nH]ccc12. The molecule has 4 rings (SSSR count). The first-order chi connectivity index (χ1) is 9.34. The van der Waals surface area contributed by atoms with Crippen LogP contribution >= 0.6 is 0 Å². The summed E-state index contributed by atoms with van der Waals surface area (Å²) < 4.78 is 1.42. The fourth-order valence-electron chi connectivity index (χ4n) is 2.14. The summed E-state index contributed by atoms with van der Waals surface area (Å²) in [7, 11) is 0. The van der Waals surface area contributed by atoms with Crippen LogP contribution in [0.2, 0.25) is 0 Å². The molecule has 0 fully saturated rings. The minimum Gasteiger partial charge on any atom is -0.346 e. The van der Waals surface area contributed by atoms with Crippen LogP contribution < -0.4 is 5.56 Å². The van der Waals surface area contributed by atoms with Crippen molar-refractivity contribution in [2.45, 2.75) is 0 Å². The Morgan fingerprint density at radius 3 is 2.53 bits per heavy atom. The molecule has 92 valence electrons. The first kappa shape index (κ1) is 10.0. The van der Waals surface area contributed by atoms with Crippen LogP contribution in [-0.2, 0) is 0 Å². The van der Waals surface area contributed by atoms with E-state index in [2.05, 4.69) is 24.9 Å². The van der Waals surface area contributed by atoms with E-state index in [9.17, 15) is 4.79 Å². The molecule has 4 aromatic rings. The molecule has 0 saturated heterocycles. The molecule has 7 nitrogen and oxygen atoms in total. The lowest BCUT2D eigenvalue weighted by Crippen LogP contribution is -2.19. The number of hydrogen-bond donors (Lipinski definition) is 2. The Morgan fingerprint density at radius 2 is 1.68 bits per heavy atom. The van der Waals surface area contributed by atoms with E-state index in [1.165, 1.54) is 17.2 Å². The minimum atomic E-state index is -0.160. The van der Waals surface area contributed by atoms with Crippen molar-refractivity contribution in [3.05, 3.63) is 47.5 Å². The van der Waals surface area contributed by atoms with E-state index in [0.717, 1.165) is 5.39 Å². The maximum atomic E-state index is 12.4. The largest absolute Gasteiger partial charge is 0.346 e. The number of aromatic amines is 2. The lowest BCUT2D eigenvalue weighted by atomic mass is 10.3. The van der Waals surface area contributed by atoms with E-state index in [0.29, 0.717) is 22.5 Å². The first-order valence-corrected chi connectivity index (χ1v) is 5.68. The second kappa shape index (κ2) is 3.52. The number of rotatable bonds is 1. The molecule has 0 saturated carbocycles. The molecule has 0 radical (unpaired) electrons. The summed E-state index contributed by atoms with van der Waals surface area (Å²) in [6.45, 7) is 0. The van der Waals surface area contributed by atoms with Crippen molar-refractivity contribution in [3.8, 4) is 5.82 Å². The van der Waals surface area contributed by atoms with Gasteiger partial charge in [-0.15, -0.1) is 0 Å². The van der Waals surface area contributed by atoms with Gasteiger partial charge in [0.05, 0.1) is 10.8 Å². The maximum absolute atomic E-state index is 12.4. The average molecular weight is 252 g/mol. The predicted octanol–water partition coefficient (Wildman–Crippen LogP) is 0.985. The van der Waals surface area contributed by atoms with Crippen LogP contribution in [0.5, 0.6) is 0 Å². The summed E-state index contributed by atoms with van der Waals surface area (Å²) in [6, 6.07) is 3.54. The predicted molar refractivity (Wildman–Crippen MR) is 69.1 cm³/mol. The molecule has 0 aliphatic rings. The first-order valence-electron chi connectivity index (χ1n) is 5.68. The van der Waals surface area contributed by atoms with Crippen LogP contribution in [0.15, 0.2) is 42.0 Å². The summed E-state index contributed by atoms with van der Waals surface area (Å²) in [5, 5.41) is 1.31. The lowest BCUT2D eigenvalue weighted by Gasteiger charge is -2.04. The number of H-pyrrole nitrogens is 2. The van der Waals surface area contributed by atoms with Gasteiger partial charge in [0.15, 0.2) is 5.82 Å². The third-order valence-electron chi connectivity index (χ3n) is 3.04. The van der Waals surface area contributed by atoms with Gasteiger partial charge in [0.1, 0.15) is 23.9 Å². The highest BCUT2D eigenvalue weighted by atomic mass is 16.1. The van der Waals surface area contributed by atoms with Gasteiger partial charge in [0, 0.05) is 12.4 Å². The monoisotopic (exact) mass is 252 g/mol. The van der Waals surface area contributed by atoms with Gasteiger partial charge in [-0.05, 0) is 12.1 Å². The Balaban J connectivity index is 2.12. The molecule has 19 heavy (non-hydrogen) atoms. The van der Waals surface area contributed by atoms with Crippen LogP contribution in [0.1, 0.15) is 0 Å². The van der Waals surface area contributed by atoms with Gasteiger partial charge < -0.3 is 9.97 Å². The molecular formula is C12H8N6O. The Kier molecular flexibility index (Phi) is 1.85. The summed E-state index contributed by atoms with van der Waals surface area (Å²) in [4.78, 5) is 30.8. The van der Waals surface area contributed by atoms with Crippen molar-refractivity contribution in [1.29, 1.82) is 0 Å². The number of nitrogens with one attached hydrogen (secondary N) is 2. The molecule has 0 aliphatic carbocycles. The van der Waals surface area contributed by atoms with Crippen LogP contribution in [0, 0.1) is 0 Å². The quantitative estimate of drug-likeness (QED) is 0.528. The Hall–Kier alpha value is -2.96. The zero-order valence-electron chi connectivity index (χ0n) is 9.66. The van der Waals surface area contributed by atoms with Gasteiger partial charge in [0.2, 0.25) is 0 Å². The van der Waals surface area contributed by atoms with Gasteiger partial charge in [0.25, 0.3) is 5.56 Å². The average Bonchev–Trinajstić information content (AvgIpc) is 3.07. The van der Waals surface area contributed by atoms with Crippen molar-refractivity contribution >= 4 is 22.1 Å².